The number of aliphatic hydroxyl groups excluding tert-OH is 5. The first-order valence-corrected chi connectivity index (χ1v) is 11.0. The molecule has 0 bridgehead atoms. The molecule has 17 N–H and O–H groups in total. The molecular weight excluding hydrogens is 444 g/mol. The average molecular weight is 483 g/mol. The smallest absolute Gasteiger partial charge is 0.186 e. The van der Waals surface area contributed by atoms with Gasteiger partial charge in [0.25, 0.3) is 0 Å². The number of ether oxygens (including phenoxy) is 4. The number of hydrogen-bond donors (Lipinski definition) is 11. The van der Waals surface area contributed by atoms with Crippen molar-refractivity contribution in [2.24, 2.45) is 34.4 Å². The minimum absolute atomic E-state index is 0.0786. The fraction of sp³-hybridized carbons (Fsp3) is 1.00. The van der Waals surface area contributed by atoms with Crippen LogP contribution < -0.4 is 34.4 Å². The molecule has 2 aliphatic heterocycles. The van der Waals surface area contributed by atoms with Crippen LogP contribution in [0.25, 0.3) is 0 Å². The van der Waals surface area contributed by atoms with Crippen LogP contribution in [0, 0.1) is 0 Å². The van der Waals surface area contributed by atoms with E-state index in [1.807, 2.05) is 0 Å². The number of rotatable bonds is 6. The molecule has 0 amide bonds. The maximum Gasteiger partial charge on any atom is 0.186 e. The van der Waals surface area contributed by atoms with E-state index in [4.69, 9.17) is 53.3 Å². The van der Waals surface area contributed by atoms with Crippen molar-refractivity contribution in [1.82, 2.24) is 0 Å². The Morgan fingerprint density at radius 3 is 1.64 bits per heavy atom. The lowest BCUT2D eigenvalue weighted by atomic mass is 9.84. The van der Waals surface area contributed by atoms with Gasteiger partial charge in [0.15, 0.2) is 12.6 Å². The summed E-state index contributed by atoms with van der Waals surface area (Å²) in [6.45, 7) is -0.184. The molecule has 3 aliphatic rings. The van der Waals surface area contributed by atoms with E-state index in [1.54, 1.807) is 0 Å². The van der Waals surface area contributed by atoms with Crippen molar-refractivity contribution >= 4 is 0 Å². The Hall–Kier alpha value is -0.600. The summed E-state index contributed by atoms with van der Waals surface area (Å²) in [6, 6.07) is -3.77. The van der Waals surface area contributed by atoms with Crippen LogP contribution in [0.3, 0.4) is 0 Å². The topological polar surface area (TPSA) is 294 Å². The van der Waals surface area contributed by atoms with Crippen molar-refractivity contribution in [1.29, 1.82) is 0 Å². The molecule has 0 aromatic heterocycles. The van der Waals surface area contributed by atoms with Crippen LogP contribution in [0.4, 0.5) is 0 Å². The van der Waals surface area contributed by atoms with Gasteiger partial charge in [0.2, 0.25) is 0 Å². The first-order chi connectivity index (χ1) is 15.5. The Morgan fingerprint density at radius 2 is 1.09 bits per heavy atom. The molecule has 15 nitrogen and oxygen atoms in total. The molecule has 15 atom stereocenters. The second kappa shape index (κ2) is 11.0. The van der Waals surface area contributed by atoms with E-state index in [0.717, 1.165) is 0 Å². The van der Waals surface area contributed by atoms with Gasteiger partial charge in [0.1, 0.15) is 48.8 Å². The second-order valence-electron chi connectivity index (χ2n) is 8.93. The van der Waals surface area contributed by atoms with E-state index in [0.29, 0.717) is 0 Å². The van der Waals surface area contributed by atoms with Gasteiger partial charge in [-0.15, -0.1) is 0 Å². The lowest BCUT2D eigenvalue weighted by Gasteiger charge is -2.48. The summed E-state index contributed by atoms with van der Waals surface area (Å²) in [5.74, 6) is 0. The van der Waals surface area contributed by atoms with Gasteiger partial charge in [0, 0.05) is 25.2 Å². The predicted molar refractivity (Wildman–Crippen MR) is 112 cm³/mol. The molecule has 0 spiro atoms. The second-order valence-corrected chi connectivity index (χ2v) is 8.93. The normalized spacial score (nSPS) is 53.7. The van der Waals surface area contributed by atoms with E-state index < -0.39 is 91.7 Å². The van der Waals surface area contributed by atoms with Crippen molar-refractivity contribution in [2.75, 3.05) is 13.1 Å². The van der Waals surface area contributed by atoms with Gasteiger partial charge in [-0.25, -0.2) is 0 Å². The molecule has 0 aromatic rings. The van der Waals surface area contributed by atoms with Gasteiger partial charge in [-0.3, -0.25) is 0 Å². The van der Waals surface area contributed by atoms with Crippen LogP contribution in [-0.2, 0) is 18.9 Å². The zero-order valence-electron chi connectivity index (χ0n) is 18.1. The molecule has 1 saturated carbocycles. The molecule has 3 rings (SSSR count). The Balaban J connectivity index is 1.72. The third kappa shape index (κ3) is 5.32. The molecule has 1 aliphatic carbocycles. The van der Waals surface area contributed by atoms with Crippen molar-refractivity contribution in [3.05, 3.63) is 0 Å². The zero-order valence-corrected chi connectivity index (χ0v) is 18.1. The van der Waals surface area contributed by atoms with Gasteiger partial charge in [-0.2, -0.15) is 0 Å². The van der Waals surface area contributed by atoms with Crippen molar-refractivity contribution < 1.29 is 44.5 Å². The maximum absolute atomic E-state index is 11.0. The molecule has 0 unspecified atom stereocenters. The maximum atomic E-state index is 11.0. The molecule has 0 radical (unpaired) electrons. The summed E-state index contributed by atoms with van der Waals surface area (Å²) in [7, 11) is 0. The van der Waals surface area contributed by atoms with Crippen LogP contribution in [0.15, 0.2) is 0 Å². The SMILES string of the molecule is NC[C@H]1O[C@H](O[C@@H]2[C@@H](O)[C@H](O[C@H]3O[C@H](CN)[C@@H](O)[C@H](O)[C@H]3N)[C@@H](N)C[C@H]2N)[C@H](O)[C@@H](N)[C@@H]1O. The summed E-state index contributed by atoms with van der Waals surface area (Å²) in [4.78, 5) is 0. The average Bonchev–Trinajstić information content (AvgIpc) is 2.79. The quantitative estimate of drug-likeness (QED) is 0.167. The summed E-state index contributed by atoms with van der Waals surface area (Å²) in [5, 5.41) is 51.7. The lowest BCUT2D eigenvalue weighted by molar-refractivity contribution is -0.315. The zero-order chi connectivity index (χ0) is 24.6. The van der Waals surface area contributed by atoms with E-state index in [9.17, 15) is 25.5 Å². The van der Waals surface area contributed by atoms with Crippen LogP contribution in [0.5, 0.6) is 0 Å². The Labute approximate surface area is 190 Å². The fourth-order valence-corrected chi connectivity index (χ4v) is 4.49. The van der Waals surface area contributed by atoms with Crippen LogP contribution in [0.1, 0.15) is 6.42 Å². The third-order valence-electron chi connectivity index (χ3n) is 6.61. The van der Waals surface area contributed by atoms with E-state index in [-0.39, 0.29) is 19.5 Å². The Kier molecular flexibility index (Phi) is 8.99. The highest BCUT2D eigenvalue weighted by atomic mass is 16.7. The predicted octanol–water partition coefficient (Wildman–Crippen LogP) is -7.36. The van der Waals surface area contributed by atoms with Gasteiger partial charge < -0.3 is 78.9 Å². The fourth-order valence-electron chi connectivity index (χ4n) is 4.49. The summed E-state index contributed by atoms with van der Waals surface area (Å²) in [5.41, 5.74) is 35.3. The highest BCUT2D eigenvalue weighted by Crippen LogP contribution is 2.30. The largest absolute Gasteiger partial charge is 0.389 e. The van der Waals surface area contributed by atoms with Crippen LogP contribution in [-0.4, -0.2) is 130 Å². The van der Waals surface area contributed by atoms with Gasteiger partial charge in [-0.1, -0.05) is 0 Å². The molecule has 194 valence electrons. The van der Waals surface area contributed by atoms with Crippen molar-refractivity contribution in [3.63, 3.8) is 0 Å². The minimum Gasteiger partial charge on any atom is -0.389 e. The van der Waals surface area contributed by atoms with E-state index >= 15 is 0 Å². The number of aliphatic hydroxyl groups is 5. The summed E-state index contributed by atoms with van der Waals surface area (Å²) < 4.78 is 22.7. The van der Waals surface area contributed by atoms with E-state index in [2.05, 4.69) is 0 Å². The van der Waals surface area contributed by atoms with Gasteiger partial charge in [-0.05, 0) is 6.42 Å². The highest BCUT2D eigenvalue weighted by molar-refractivity contribution is 5.01. The molecule has 2 heterocycles. The van der Waals surface area contributed by atoms with Crippen molar-refractivity contribution in [2.45, 2.75) is 98.1 Å². The molecule has 2 saturated heterocycles. The first-order valence-electron chi connectivity index (χ1n) is 11.0. The Bertz CT molecular complexity index is 586. The van der Waals surface area contributed by atoms with E-state index in [1.165, 1.54) is 0 Å². The monoisotopic (exact) mass is 482 g/mol. The van der Waals surface area contributed by atoms with Gasteiger partial charge in [0.05, 0.1) is 18.2 Å². The van der Waals surface area contributed by atoms with Gasteiger partial charge >= 0.3 is 0 Å². The number of hydrogen-bond acceptors (Lipinski definition) is 15. The summed E-state index contributed by atoms with van der Waals surface area (Å²) in [6.07, 6.45) is -13.2. The minimum atomic E-state index is -1.42. The third-order valence-corrected chi connectivity index (χ3v) is 6.61. The van der Waals surface area contributed by atoms with Crippen LogP contribution >= 0.6 is 0 Å². The molecule has 33 heavy (non-hydrogen) atoms. The standard InChI is InChI=1S/C18H38N6O9/c19-2-6-10(25)8(23)13(28)18(31-6)33-16-5(22)1-4(21)15(14(16)29)32-17-9(24)12(27)11(26)7(3-20)30-17/h4-18,25-29H,1-3,19-24H2/t4-,5+,6+,7+,8-,9+,10+,11+,12+,13+,14-,15+,16-,17+,18+/m0/s1. The number of nitrogens with two attached hydrogens (primary N) is 6. The first kappa shape index (κ1) is 27.0. The van der Waals surface area contributed by atoms with Crippen molar-refractivity contribution in [3.8, 4) is 0 Å². The molecule has 15 heteroatoms. The van der Waals surface area contributed by atoms with Crippen LogP contribution in [0.2, 0.25) is 0 Å². The lowest BCUT2D eigenvalue weighted by Crippen LogP contribution is -2.69. The molecule has 0 aromatic carbocycles. The molecule has 3 fully saturated rings. The Morgan fingerprint density at radius 1 is 0.606 bits per heavy atom. The highest BCUT2D eigenvalue weighted by Gasteiger charge is 2.51. The summed E-state index contributed by atoms with van der Waals surface area (Å²) >= 11 is 0. The molecular formula is C18H38N6O9.